The quantitative estimate of drug-likeness (QED) is 0.173. The molecule has 0 bridgehead atoms. The molecule has 0 unspecified atom stereocenters. The highest BCUT2D eigenvalue weighted by atomic mass is 35.5. The van der Waals surface area contributed by atoms with Crippen LogP contribution in [0.15, 0.2) is 60.2 Å². The zero-order valence-corrected chi connectivity index (χ0v) is 31.5. The Balaban J connectivity index is 1.26. The molecule has 6 atom stereocenters. The van der Waals surface area contributed by atoms with Crippen LogP contribution in [0.25, 0.3) is 20.7 Å². The number of fused-ring (bicyclic) bond motifs is 5. The molecule has 10 nitrogen and oxygen atoms in total. The maximum absolute atomic E-state index is 15.1. The van der Waals surface area contributed by atoms with Crippen LogP contribution in [-0.2, 0) is 26.2 Å². The van der Waals surface area contributed by atoms with Gasteiger partial charge in [0, 0.05) is 39.9 Å². The number of aliphatic hydroxyl groups excluding tert-OH is 1. The van der Waals surface area contributed by atoms with Gasteiger partial charge in [0.15, 0.2) is 0 Å². The number of imide groups is 2. The van der Waals surface area contributed by atoms with Gasteiger partial charge in [0.2, 0.25) is 23.6 Å². The van der Waals surface area contributed by atoms with Gasteiger partial charge in [-0.25, -0.2) is 4.90 Å². The van der Waals surface area contributed by atoms with Gasteiger partial charge >= 0.3 is 0 Å². The number of nitrogens with zero attached hydrogens (tertiary/aromatic N) is 4. The molecule has 4 heterocycles. The minimum Gasteiger partial charge on any atom is -0.491 e. The Labute approximate surface area is 311 Å². The summed E-state index contributed by atoms with van der Waals surface area (Å²) in [6, 6.07) is 15.0. The lowest BCUT2D eigenvalue weighted by atomic mass is 9.51. The monoisotopic (exact) mass is 740 g/mol. The highest BCUT2D eigenvalue weighted by molar-refractivity contribution is 7.22. The second-order valence-corrected chi connectivity index (χ2v) is 17.2. The molecule has 3 fully saturated rings. The molecule has 2 aliphatic heterocycles. The summed E-state index contributed by atoms with van der Waals surface area (Å²) in [5.74, 6) is -3.32. The normalized spacial score (nSPS) is 27.3. The van der Waals surface area contributed by atoms with Crippen molar-refractivity contribution in [1.29, 1.82) is 0 Å². The van der Waals surface area contributed by atoms with Crippen molar-refractivity contribution >= 4 is 62.5 Å². The third-order valence-corrected chi connectivity index (χ3v) is 13.3. The maximum atomic E-state index is 15.1. The number of halogens is 1. The van der Waals surface area contributed by atoms with E-state index in [0.717, 1.165) is 26.1 Å². The average molecular weight is 741 g/mol. The summed E-state index contributed by atoms with van der Waals surface area (Å²) < 4.78 is 8.69. The van der Waals surface area contributed by atoms with Gasteiger partial charge in [-0.1, -0.05) is 41.4 Å². The first-order chi connectivity index (χ1) is 24.7. The lowest BCUT2D eigenvalue weighted by molar-refractivity contribution is -0.145. The Bertz CT molecular complexity index is 2230. The molecule has 1 saturated carbocycles. The van der Waals surface area contributed by atoms with E-state index >= 15 is 4.79 Å². The molecule has 4 aliphatic rings. The summed E-state index contributed by atoms with van der Waals surface area (Å²) in [5, 5.41) is 16.1. The molecule has 2 aliphatic carbocycles. The van der Waals surface area contributed by atoms with Crippen LogP contribution in [0.2, 0.25) is 5.02 Å². The summed E-state index contributed by atoms with van der Waals surface area (Å²) in [6.07, 6.45) is 2.65. The number of amides is 4. The molecule has 8 rings (SSSR count). The number of hydrogen-bond donors (Lipinski definition) is 1. The molecule has 2 aromatic heterocycles. The highest BCUT2D eigenvalue weighted by Crippen LogP contribution is 2.64. The molecule has 0 spiro atoms. The first-order valence-corrected chi connectivity index (χ1v) is 18.9. The fraction of sp³-hybridized carbons (Fsp3) is 0.425. The summed E-state index contributed by atoms with van der Waals surface area (Å²) >= 11 is 7.89. The van der Waals surface area contributed by atoms with Crippen LogP contribution in [0.3, 0.4) is 0 Å². The van der Waals surface area contributed by atoms with Gasteiger partial charge in [0.1, 0.15) is 23.9 Å². The lowest BCUT2D eigenvalue weighted by Gasteiger charge is -2.49. The zero-order chi connectivity index (χ0) is 37.0. The van der Waals surface area contributed by atoms with Crippen LogP contribution < -0.4 is 9.64 Å². The molecular weight excluding hydrogens is 700 g/mol. The van der Waals surface area contributed by atoms with E-state index in [2.05, 4.69) is 0 Å². The van der Waals surface area contributed by atoms with Crippen molar-refractivity contribution in [2.24, 2.45) is 36.1 Å². The highest BCUT2D eigenvalue weighted by Gasteiger charge is 2.68. The molecule has 4 aromatic rings. The predicted octanol–water partition coefficient (Wildman–Crippen LogP) is 6.66. The van der Waals surface area contributed by atoms with Crippen LogP contribution in [-0.4, -0.2) is 62.2 Å². The molecule has 1 N–H and O–H groups in total. The van der Waals surface area contributed by atoms with Crippen LogP contribution in [0.5, 0.6) is 5.75 Å². The summed E-state index contributed by atoms with van der Waals surface area (Å²) in [5.41, 5.74) is 1.28. The largest absolute Gasteiger partial charge is 0.491 e. The first kappa shape index (κ1) is 34.7. The molecule has 12 heteroatoms. The number of aliphatic hydroxyl groups is 1. The number of aryl methyl sites for hydroxylation is 2. The Morgan fingerprint density at radius 2 is 1.79 bits per heavy atom. The number of rotatable bonds is 6. The minimum absolute atomic E-state index is 0.0464. The van der Waals surface area contributed by atoms with Gasteiger partial charge in [-0.15, -0.1) is 11.3 Å². The molecular formula is C40H41ClN4O6S. The summed E-state index contributed by atoms with van der Waals surface area (Å²) in [7, 11) is 1.73. The number of carbonyl (C=O) groups is 4. The number of carbonyl (C=O) groups excluding carboxylic acids is 4. The van der Waals surface area contributed by atoms with Crippen LogP contribution >= 0.6 is 22.9 Å². The third-order valence-electron chi connectivity index (χ3n) is 11.7. The Morgan fingerprint density at radius 3 is 2.52 bits per heavy atom. The maximum Gasteiger partial charge on any atom is 0.242 e. The summed E-state index contributed by atoms with van der Waals surface area (Å²) in [6.45, 7) is 9.29. The number of hydrogen-bond acceptors (Lipinski definition) is 8. The average Bonchev–Trinajstić information content (AvgIpc) is 3.77. The third kappa shape index (κ3) is 4.88. The van der Waals surface area contributed by atoms with Crippen molar-refractivity contribution in [2.75, 3.05) is 18.1 Å². The van der Waals surface area contributed by atoms with Gasteiger partial charge in [0.25, 0.3) is 0 Å². The fourth-order valence-electron chi connectivity index (χ4n) is 9.46. The van der Waals surface area contributed by atoms with Crippen molar-refractivity contribution in [3.8, 4) is 16.3 Å². The Morgan fingerprint density at radius 1 is 1.04 bits per heavy atom. The topological polar surface area (TPSA) is 122 Å². The second kappa shape index (κ2) is 12.1. The van der Waals surface area contributed by atoms with Crippen LogP contribution in [0.4, 0.5) is 5.82 Å². The number of para-hydroxylation sites is 1. The van der Waals surface area contributed by atoms with E-state index in [1.54, 1.807) is 35.2 Å². The van der Waals surface area contributed by atoms with Crippen molar-refractivity contribution in [1.82, 2.24) is 14.7 Å². The van der Waals surface area contributed by atoms with E-state index in [1.807, 2.05) is 77.1 Å². The Kier molecular flexibility index (Phi) is 8.09. The van der Waals surface area contributed by atoms with Crippen molar-refractivity contribution in [3.05, 3.63) is 76.3 Å². The van der Waals surface area contributed by atoms with Gasteiger partial charge in [0.05, 0.1) is 34.7 Å². The molecule has 2 saturated heterocycles. The number of allylic oxidation sites excluding steroid dienone is 2. The van der Waals surface area contributed by atoms with Crippen molar-refractivity contribution in [2.45, 2.75) is 58.9 Å². The Hall–Kier alpha value is -4.32. The second-order valence-electron chi connectivity index (χ2n) is 15.7. The van der Waals surface area contributed by atoms with Gasteiger partial charge in [-0.3, -0.25) is 28.8 Å². The molecule has 270 valence electrons. The van der Waals surface area contributed by atoms with Gasteiger partial charge < -0.3 is 9.84 Å². The number of benzene rings is 2. The smallest absolute Gasteiger partial charge is 0.242 e. The number of aromatic nitrogens is 2. The molecule has 52 heavy (non-hydrogen) atoms. The predicted molar refractivity (Wildman–Crippen MR) is 199 cm³/mol. The van der Waals surface area contributed by atoms with E-state index in [9.17, 15) is 19.5 Å². The zero-order valence-electron chi connectivity index (χ0n) is 30.0. The fourth-order valence-corrected chi connectivity index (χ4v) is 10.8. The number of ether oxygens (including phenoxy) is 1. The van der Waals surface area contributed by atoms with E-state index in [-0.39, 0.29) is 43.3 Å². The van der Waals surface area contributed by atoms with E-state index in [4.69, 9.17) is 21.4 Å². The van der Waals surface area contributed by atoms with Crippen LogP contribution in [0, 0.1) is 36.0 Å². The number of likely N-dealkylation sites (tertiary alicyclic amines) is 1. The number of anilines is 1. The van der Waals surface area contributed by atoms with Gasteiger partial charge in [-0.05, 0) is 88.6 Å². The van der Waals surface area contributed by atoms with Crippen LogP contribution in [0.1, 0.15) is 57.6 Å². The van der Waals surface area contributed by atoms with Gasteiger partial charge in [-0.2, -0.15) is 5.10 Å². The molecule has 4 amide bonds. The standard InChI is InChI=1S/C40H41ClN4O6S/c1-20-25-17-21(41)11-14-30(25)52-34(20)28-19-31(43(6)42-28)44-36(48)27-18-26-22(12-13-24-32(26)37(49)45(35(24)47)39(2,3)4)33(40(27,5)38(44)50)23-9-7-8-10-29(23)51-16-15-46/h7-12,14,17,19,24,26-27,32-33,46H,13,15-16,18H2,1-6H3/t24-,26+,27-,32-,33+,40+/m0/s1. The lowest BCUT2D eigenvalue weighted by Crippen LogP contribution is -2.49. The van der Waals surface area contributed by atoms with Crippen molar-refractivity contribution in [3.63, 3.8) is 0 Å². The van der Waals surface area contributed by atoms with Crippen molar-refractivity contribution < 1.29 is 29.0 Å². The SMILES string of the molecule is Cc1c(-c2cc(N3C(=O)[C@@H]4C[C@@H]5C(=CC[C@@H]6C(=O)N(C(C)(C)C)C(=O)[C@@H]65)[C@H](c5ccccc5OCCO)[C@]4(C)C3=O)n(C)n2)sc2ccc(Cl)cc12. The number of thiophene rings is 1. The van der Waals surface area contributed by atoms with E-state index in [1.165, 1.54) is 9.80 Å². The molecule has 0 radical (unpaired) electrons. The summed E-state index contributed by atoms with van der Waals surface area (Å²) in [4.78, 5) is 61.6. The van der Waals surface area contributed by atoms with E-state index < -0.39 is 40.5 Å². The minimum atomic E-state index is -1.25. The molecule has 2 aromatic carbocycles. The first-order valence-electron chi connectivity index (χ1n) is 17.7. The van der Waals surface area contributed by atoms with E-state index in [0.29, 0.717) is 34.3 Å².